The predicted octanol–water partition coefficient (Wildman–Crippen LogP) is 2.90. The first-order chi connectivity index (χ1) is 11.3. The van der Waals surface area contributed by atoms with Crippen LogP contribution in [0.2, 0.25) is 10.0 Å². The van der Waals surface area contributed by atoms with Gasteiger partial charge in [-0.05, 0) is 31.5 Å². The summed E-state index contributed by atoms with van der Waals surface area (Å²) in [7, 11) is -3.08. The van der Waals surface area contributed by atoms with Gasteiger partial charge >= 0.3 is 0 Å². The van der Waals surface area contributed by atoms with E-state index in [0.717, 1.165) is 0 Å². The number of aryl methyl sites for hydroxylation is 1. The molecule has 3 rings (SSSR count). The number of nitrogens with zero attached hydrogens (tertiary/aromatic N) is 2. The van der Waals surface area contributed by atoms with E-state index in [2.05, 4.69) is 10.1 Å². The number of aliphatic imine (C=N–C) groups is 1. The van der Waals surface area contributed by atoms with Crippen molar-refractivity contribution in [1.29, 1.82) is 0 Å². The van der Waals surface area contributed by atoms with Crippen LogP contribution < -0.4 is 5.56 Å². The van der Waals surface area contributed by atoms with Crippen LogP contribution in [0.25, 0.3) is 0 Å². The van der Waals surface area contributed by atoms with Gasteiger partial charge in [0.1, 0.15) is 0 Å². The summed E-state index contributed by atoms with van der Waals surface area (Å²) >= 11 is 12.0. The van der Waals surface area contributed by atoms with Gasteiger partial charge in [-0.15, -0.1) is 0 Å². The fraction of sp³-hybridized carbons (Fsp3) is 0.333. The smallest absolute Gasteiger partial charge is 0.275 e. The van der Waals surface area contributed by atoms with Gasteiger partial charge in [0, 0.05) is 16.9 Å². The summed E-state index contributed by atoms with van der Waals surface area (Å²) in [4.78, 5) is 16.8. The summed E-state index contributed by atoms with van der Waals surface area (Å²) in [6, 6.07) is 4.52. The molecule has 2 aromatic rings. The molecule has 1 aliphatic heterocycles. The van der Waals surface area contributed by atoms with Gasteiger partial charge in [0.25, 0.3) is 5.56 Å². The van der Waals surface area contributed by atoms with E-state index in [4.69, 9.17) is 23.2 Å². The van der Waals surface area contributed by atoms with Crippen molar-refractivity contribution >= 4 is 44.9 Å². The summed E-state index contributed by atoms with van der Waals surface area (Å²) in [5.74, 6) is 0.0767. The van der Waals surface area contributed by atoms with Crippen LogP contribution in [-0.2, 0) is 9.84 Å². The van der Waals surface area contributed by atoms with Crippen molar-refractivity contribution in [2.45, 2.75) is 19.4 Å². The summed E-state index contributed by atoms with van der Waals surface area (Å²) in [5, 5.41) is 3.86. The van der Waals surface area contributed by atoms with Crippen LogP contribution in [0, 0.1) is 6.92 Å². The Bertz CT molecular complexity index is 976. The number of sulfone groups is 1. The molecule has 128 valence electrons. The highest BCUT2D eigenvalue weighted by Crippen LogP contribution is 2.28. The topological polar surface area (TPSA) is 84.3 Å². The highest BCUT2D eigenvalue weighted by Gasteiger charge is 2.31. The monoisotopic (exact) mass is 387 g/mol. The zero-order chi connectivity index (χ0) is 17.5. The molecule has 1 saturated heterocycles. The van der Waals surface area contributed by atoms with Crippen LogP contribution >= 0.6 is 23.2 Å². The Balaban J connectivity index is 1.94. The van der Waals surface area contributed by atoms with Crippen molar-refractivity contribution < 1.29 is 8.42 Å². The second-order valence-corrected chi connectivity index (χ2v) is 8.81. The molecular weight excluding hydrogens is 373 g/mol. The lowest BCUT2D eigenvalue weighted by Gasteiger charge is -2.07. The molecule has 0 amide bonds. The van der Waals surface area contributed by atoms with E-state index >= 15 is 0 Å². The van der Waals surface area contributed by atoms with Gasteiger partial charge in [-0.1, -0.05) is 23.2 Å². The van der Waals surface area contributed by atoms with Crippen LogP contribution in [0.1, 0.15) is 23.7 Å². The van der Waals surface area contributed by atoms with Crippen molar-refractivity contribution in [2.24, 2.45) is 4.99 Å². The van der Waals surface area contributed by atoms with Gasteiger partial charge in [-0.2, -0.15) is 0 Å². The molecule has 2 heterocycles. The van der Waals surface area contributed by atoms with Gasteiger partial charge in [0.2, 0.25) is 0 Å². The maximum absolute atomic E-state index is 12.5. The molecule has 9 heteroatoms. The zero-order valence-electron chi connectivity index (χ0n) is 12.8. The second-order valence-electron chi connectivity index (χ2n) is 5.74. The molecule has 6 nitrogen and oxygen atoms in total. The number of aromatic nitrogens is 2. The molecule has 24 heavy (non-hydrogen) atoms. The molecule has 1 aromatic heterocycles. The first kappa shape index (κ1) is 17.3. The quantitative estimate of drug-likeness (QED) is 0.821. The third kappa shape index (κ3) is 3.43. The van der Waals surface area contributed by atoms with Gasteiger partial charge < -0.3 is 0 Å². The summed E-state index contributed by atoms with van der Waals surface area (Å²) < 4.78 is 24.6. The van der Waals surface area contributed by atoms with Crippen molar-refractivity contribution in [2.75, 3.05) is 11.5 Å². The zero-order valence-corrected chi connectivity index (χ0v) is 15.1. The Morgan fingerprint density at radius 2 is 2.12 bits per heavy atom. The SMILES string of the molecule is Cc1[nH]n(C2CCS(=O)(=O)C2)c(=O)c1C=Nc1cc(Cl)ccc1Cl. The summed E-state index contributed by atoms with van der Waals surface area (Å²) in [5.41, 5.74) is 1.15. The number of halogens is 2. The third-order valence-electron chi connectivity index (χ3n) is 3.96. The van der Waals surface area contributed by atoms with Gasteiger partial charge in [0.15, 0.2) is 9.84 Å². The number of benzene rings is 1. The molecule has 1 aliphatic rings. The Hall–Kier alpha value is -1.57. The number of hydrogen-bond acceptors (Lipinski definition) is 4. The normalized spacial score (nSPS) is 20.0. The van der Waals surface area contributed by atoms with Crippen LogP contribution in [0.4, 0.5) is 5.69 Å². The molecule has 0 aliphatic carbocycles. The van der Waals surface area contributed by atoms with E-state index < -0.39 is 9.84 Å². The Morgan fingerprint density at radius 1 is 1.38 bits per heavy atom. The molecule has 1 N–H and O–H groups in total. The van der Waals surface area contributed by atoms with Crippen molar-refractivity contribution in [1.82, 2.24) is 9.78 Å². The minimum absolute atomic E-state index is 0.0242. The molecule has 0 bridgehead atoms. The Labute approximate surface area is 149 Å². The van der Waals surface area contributed by atoms with E-state index in [1.807, 2.05) is 0 Å². The van der Waals surface area contributed by atoms with Crippen LogP contribution in [0.3, 0.4) is 0 Å². The average Bonchev–Trinajstić information content (AvgIpc) is 3.00. The highest BCUT2D eigenvalue weighted by molar-refractivity contribution is 7.91. The first-order valence-electron chi connectivity index (χ1n) is 7.27. The number of aromatic amines is 1. The number of rotatable bonds is 3. The van der Waals surface area contributed by atoms with E-state index in [9.17, 15) is 13.2 Å². The fourth-order valence-electron chi connectivity index (χ4n) is 2.69. The van der Waals surface area contributed by atoms with E-state index in [-0.39, 0.29) is 23.1 Å². The first-order valence-corrected chi connectivity index (χ1v) is 9.85. The Morgan fingerprint density at radius 3 is 2.79 bits per heavy atom. The molecular formula is C15H15Cl2N3O3S. The van der Waals surface area contributed by atoms with E-state index in [1.165, 1.54) is 10.9 Å². The van der Waals surface area contributed by atoms with Crippen LogP contribution in [-0.4, -0.2) is 35.9 Å². The molecule has 1 aromatic carbocycles. The minimum Gasteiger partial charge on any atom is -0.299 e. The summed E-state index contributed by atoms with van der Waals surface area (Å²) in [6.07, 6.45) is 1.85. The number of H-pyrrole nitrogens is 1. The lowest BCUT2D eigenvalue weighted by atomic mass is 10.2. The predicted molar refractivity (Wildman–Crippen MR) is 95.8 cm³/mol. The third-order valence-corrected chi connectivity index (χ3v) is 6.26. The fourth-order valence-corrected chi connectivity index (χ4v) is 4.72. The lowest BCUT2D eigenvalue weighted by Crippen LogP contribution is -2.25. The van der Waals surface area contributed by atoms with Gasteiger partial charge in [-0.3, -0.25) is 14.9 Å². The Kier molecular flexibility index (Phi) is 4.59. The van der Waals surface area contributed by atoms with Crippen molar-refractivity contribution in [3.63, 3.8) is 0 Å². The second kappa shape index (κ2) is 6.38. The van der Waals surface area contributed by atoms with Gasteiger partial charge in [0.05, 0.1) is 33.8 Å². The number of nitrogens with one attached hydrogen (secondary N) is 1. The highest BCUT2D eigenvalue weighted by atomic mass is 35.5. The van der Waals surface area contributed by atoms with Gasteiger partial charge in [-0.25, -0.2) is 13.1 Å². The molecule has 1 atom stereocenters. The molecule has 1 fully saturated rings. The average molecular weight is 388 g/mol. The van der Waals surface area contributed by atoms with E-state index in [0.29, 0.717) is 33.4 Å². The molecule has 0 radical (unpaired) electrons. The van der Waals surface area contributed by atoms with E-state index in [1.54, 1.807) is 25.1 Å². The lowest BCUT2D eigenvalue weighted by molar-refractivity contribution is 0.483. The summed E-state index contributed by atoms with van der Waals surface area (Å²) in [6.45, 7) is 1.74. The van der Waals surface area contributed by atoms with Crippen molar-refractivity contribution in [3.8, 4) is 0 Å². The molecule has 0 spiro atoms. The molecule has 0 saturated carbocycles. The largest absolute Gasteiger partial charge is 0.299 e. The van der Waals surface area contributed by atoms with Crippen LogP contribution in [0.5, 0.6) is 0 Å². The minimum atomic E-state index is -3.08. The standard InChI is InChI=1S/C15H15Cl2N3O3S/c1-9-12(7-18-14-6-10(16)2-3-13(14)17)15(21)20(19-9)11-4-5-24(22,23)8-11/h2-3,6-7,11,19H,4-5,8H2,1H3. The number of hydrogen-bond donors (Lipinski definition) is 1. The van der Waals surface area contributed by atoms with Crippen molar-refractivity contribution in [3.05, 3.63) is 49.9 Å². The molecule has 1 unspecified atom stereocenters. The van der Waals surface area contributed by atoms with Crippen LogP contribution in [0.15, 0.2) is 28.0 Å². The maximum atomic E-state index is 12.5. The maximum Gasteiger partial charge on any atom is 0.275 e.